The van der Waals surface area contributed by atoms with Crippen molar-refractivity contribution >= 4 is 11.6 Å². The Labute approximate surface area is 93.5 Å². The summed E-state index contributed by atoms with van der Waals surface area (Å²) in [5.41, 5.74) is 2.02. The van der Waals surface area contributed by atoms with Crippen LogP contribution in [0.15, 0.2) is 42.6 Å². The van der Waals surface area contributed by atoms with Gasteiger partial charge in [0, 0.05) is 11.8 Å². The Bertz CT molecular complexity index is 471. The Balaban J connectivity index is 2.53. The van der Waals surface area contributed by atoms with E-state index in [-0.39, 0.29) is 0 Å². The van der Waals surface area contributed by atoms with Crippen LogP contribution in [-0.2, 0) is 0 Å². The third-order valence-electron chi connectivity index (χ3n) is 2.14. The predicted octanol–water partition coefficient (Wildman–Crippen LogP) is 3.41. The molecule has 0 amide bonds. The number of rotatable bonds is 2. The molecule has 0 saturated carbocycles. The molecule has 2 nitrogen and oxygen atoms in total. The van der Waals surface area contributed by atoms with E-state index in [1.54, 1.807) is 13.3 Å². The zero-order valence-electron chi connectivity index (χ0n) is 8.27. The minimum atomic E-state index is 0.485. The zero-order chi connectivity index (χ0) is 10.7. The highest BCUT2D eigenvalue weighted by Crippen LogP contribution is 2.29. The monoisotopic (exact) mass is 219 g/mol. The van der Waals surface area contributed by atoms with E-state index in [9.17, 15) is 0 Å². The van der Waals surface area contributed by atoms with E-state index >= 15 is 0 Å². The Morgan fingerprint density at radius 3 is 2.73 bits per heavy atom. The van der Waals surface area contributed by atoms with Gasteiger partial charge in [0.05, 0.1) is 7.11 Å². The molecular weight excluding hydrogens is 210 g/mol. The van der Waals surface area contributed by atoms with Crippen molar-refractivity contribution in [1.82, 2.24) is 4.98 Å². The molecule has 2 aromatic rings. The fraction of sp³-hybridized carbons (Fsp3) is 0.0833. The number of hydrogen-bond acceptors (Lipinski definition) is 2. The summed E-state index contributed by atoms with van der Waals surface area (Å²) >= 11 is 5.84. The Morgan fingerprint density at radius 2 is 2.00 bits per heavy atom. The van der Waals surface area contributed by atoms with Crippen LogP contribution >= 0.6 is 11.6 Å². The fourth-order valence-corrected chi connectivity index (χ4v) is 1.63. The number of aromatic nitrogens is 1. The van der Waals surface area contributed by atoms with Gasteiger partial charge < -0.3 is 4.74 Å². The maximum atomic E-state index is 5.84. The maximum Gasteiger partial charge on any atom is 0.129 e. The van der Waals surface area contributed by atoms with Gasteiger partial charge in [-0.3, -0.25) is 0 Å². The molecule has 0 radical (unpaired) electrons. The third kappa shape index (κ3) is 2.10. The van der Waals surface area contributed by atoms with Gasteiger partial charge in [-0.05, 0) is 23.8 Å². The third-order valence-corrected chi connectivity index (χ3v) is 2.35. The molecule has 15 heavy (non-hydrogen) atoms. The maximum absolute atomic E-state index is 5.84. The number of hydrogen-bond donors (Lipinski definition) is 0. The van der Waals surface area contributed by atoms with Crippen LogP contribution in [0.2, 0.25) is 5.15 Å². The predicted molar refractivity (Wildman–Crippen MR) is 61.2 cm³/mol. The highest BCUT2D eigenvalue weighted by atomic mass is 35.5. The van der Waals surface area contributed by atoms with Crippen molar-refractivity contribution in [1.29, 1.82) is 0 Å². The summed E-state index contributed by atoms with van der Waals surface area (Å²) in [5.74, 6) is 0.833. The molecule has 1 aromatic carbocycles. The summed E-state index contributed by atoms with van der Waals surface area (Å²) in [4.78, 5) is 3.95. The van der Waals surface area contributed by atoms with Gasteiger partial charge in [0.2, 0.25) is 0 Å². The van der Waals surface area contributed by atoms with Gasteiger partial charge in [-0.25, -0.2) is 4.98 Å². The summed E-state index contributed by atoms with van der Waals surface area (Å²) in [7, 11) is 1.65. The van der Waals surface area contributed by atoms with Gasteiger partial charge in [0.25, 0.3) is 0 Å². The highest BCUT2D eigenvalue weighted by molar-refractivity contribution is 6.29. The first-order valence-corrected chi connectivity index (χ1v) is 4.94. The van der Waals surface area contributed by atoms with Crippen molar-refractivity contribution in [3.8, 4) is 16.9 Å². The molecule has 0 fully saturated rings. The van der Waals surface area contributed by atoms with E-state index < -0.39 is 0 Å². The van der Waals surface area contributed by atoms with Gasteiger partial charge in [-0.15, -0.1) is 0 Å². The summed E-state index contributed by atoms with van der Waals surface area (Å²) in [6, 6.07) is 11.5. The number of nitrogens with zero attached hydrogens (tertiary/aromatic N) is 1. The van der Waals surface area contributed by atoms with Crippen LogP contribution in [0.25, 0.3) is 11.1 Å². The van der Waals surface area contributed by atoms with E-state index in [1.165, 1.54) is 0 Å². The fourth-order valence-electron chi connectivity index (χ4n) is 1.45. The molecule has 0 aliphatic rings. The number of ether oxygens (including phenoxy) is 1. The van der Waals surface area contributed by atoms with Gasteiger partial charge in [-0.1, -0.05) is 29.8 Å². The quantitative estimate of drug-likeness (QED) is 0.723. The van der Waals surface area contributed by atoms with Crippen molar-refractivity contribution in [2.45, 2.75) is 0 Å². The summed E-state index contributed by atoms with van der Waals surface area (Å²) in [5, 5.41) is 0.485. The topological polar surface area (TPSA) is 22.1 Å². The van der Waals surface area contributed by atoms with Gasteiger partial charge >= 0.3 is 0 Å². The lowest BCUT2D eigenvalue weighted by atomic mass is 10.1. The molecule has 3 heteroatoms. The van der Waals surface area contributed by atoms with Crippen LogP contribution in [0.4, 0.5) is 0 Å². The molecule has 76 valence electrons. The van der Waals surface area contributed by atoms with Crippen molar-refractivity contribution in [2.75, 3.05) is 7.11 Å². The van der Waals surface area contributed by atoms with Crippen molar-refractivity contribution in [3.05, 3.63) is 47.7 Å². The first-order chi connectivity index (χ1) is 7.31. The van der Waals surface area contributed by atoms with Gasteiger partial charge in [0.1, 0.15) is 10.9 Å². The lowest BCUT2D eigenvalue weighted by Gasteiger charge is -2.07. The summed E-state index contributed by atoms with van der Waals surface area (Å²) in [6.07, 6.45) is 1.68. The standard InChI is InChI=1S/C12H10ClNO/c1-15-11-5-3-2-4-10(11)9-6-7-14-12(13)8-9/h2-8H,1H3. The minimum Gasteiger partial charge on any atom is -0.496 e. The van der Waals surface area contributed by atoms with E-state index in [1.807, 2.05) is 36.4 Å². The van der Waals surface area contributed by atoms with Crippen LogP contribution in [0, 0.1) is 0 Å². The number of pyridine rings is 1. The smallest absolute Gasteiger partial charge is 0.129 e. The van der Waals surface area contributed by atoms with E-state index in [2.05, 4.69) is 4.98 Å². The molecule has 0 atom stereocenters. The van der Waals surface area contributed by atoms with Crippen molar-refractivity contribution < 1.29 is 4.74 Å². The second-order valence-electron chi connectivity index (χ2n) is 3.07. The van der Waals surface area contributed by atoms with Gasteiger partial charge in [-0.2, -0.15) is 0 Å². The first kappa shape index (κ1) is 9.99. The number of benzene rings is 1. The van der Waals surface area contributed by atoms with Crippen LogP contribution < -0.4 is 4.74 Å². The Kier molecular flexibility index (Phi) is 2.88. The molecule has 0 saturated heterocycles. The molecule has 0 unspecified atom stereocenters. The molecular formula is C12H10ClNO. The molecule has 0 N–H and O–H groups in total. The van der Waals surface area contributed by atoms with Gasteiger partial charge in [0.15, 0.2) is 0 Å². The Hall–Kier alpha value is -1.54. The average Bonchev–Trinajstić information content (AvgIpc) is 2.29. The van der Waals surface area contributed by atoms with Crippen LogP contribution in [0.1, 0.15) is 0 Å². The highest BCUT2D eigenvalue weighted by Gasteiger charge is 2.04. The normalized spacial score (nSPS) is 10.0. The summed E-state index contributed by atoms with van der Waals surface area (Å²) in [6.45, 7) is 0. The molecule has 0 bridgehead atoms. The van der Waals surface area contributed by atoms with Crippen molar-refractivity contribution in [3.63, 3.8) is 0 Å². The SMILES string of the molecule is COc1ccccc1-c1ccnc(Cl)c1. The first-order valence-electron chi connectivity index (χ1n) is 4.56. The van der Waals surface area contributed by atoms with E-state index in [4.69, 9.17) is 16.3 Å². The van der Waals surface area contributed by atoms with E-state index in [0.717, 1.165) is 16.9 Å². The number of methoxy groups -OCH3 is 1. The molecule has 0 aliphatic heterocycles. The number of halogens is 1. The second kappa shape index (κ2) is 4.32. The molecule has 0 spiro atoms. The van der Waals surface area contributed by atoms with Crippen LogP contribution in [0.3, 0.4) is 0 Å². The molecule has 1 aromatic heterocycles. The lowest BCUT2D eigenvalue weighted by molar-refractivity contribution is 0.416. The number of para-hydroxylation sites is 1. The van der Waals surface area contributed by atoms with E-state index in [0.29, 0.717) is 5.15 Å². The summed E-state index contributed by atoms with van der Waals surface area (Å²) < 4.78 is 5.28. The lowest BCUT2D eigenvalue weighted by Crippen LogP contribution is -1.87. The molecule has 2 rings (SSSR count). The second-order valence-corrected chi connectivity index (χ2v) is 3.45. The molecule has 0 aliphatic carbocycles. The average molecular weight is 220 g/mol. The largest absolute Gasteiger partial charge is 0.496 e. The van der Waals surface area contributed by atoms with Crippen LogP contribution in [0.5, 0.6) is 5.75 Å². The van der Waals surface area contributed by atoms with Crippen LogP contribution in [-0.4, -0.2) is 12.1 Å². The zero-order valence-corrected chi connectivity index (χ0v) is 9.03. The van der Waals surface area contributed by atoms with Crippen molar-refractivity contribution in [2.24, 2.45) is 0 Å². The Morgan fingerprint density at radius 1 is 1.20 bits per heavy atom. The molecule has 1 heterocycles. The minimum absolute atomic E-state index is 0.485.